The summed E-state index contributed by atoms with van der Waals surface area (Å²) in [5.41, 5.74) is 28.0. The smallest absolute Gasteiger partial charge is 0.196 e. The van der Waals surface area contributed by atoms with Crippen LogP contribution in [0.2, 0.25) is 0 Å². The Morgan fingerprint density at radius 2 is 0.535 bits per heavy atom. The van der Waals surface area contributed by atoms with Gasteiger partial charge in [-0.05, 0) is 166 Å². The van der Waals surface area contributed by atoms with Crippen molar-refractivity contribution in [2.24, 2.45) is 0 Å². The Kier molecular flexibility index (Phi) is 21.2. The topological polar surface area (TPSA) is 182 Å². The lowest BCUT2D eigenvalue weighted by Gasteiger charge is -2.18. The number of para-hydroxylation sites is 7. The van der Waals surface area contributed by atoms with Gasteiger partial charge in [0.2, 0.25) is 0 Å². The van der Waals surface area contributed by atoms with Gasteiger partial charge in [0.15, 0.2) is 52.0 Å². The summed E-state index contributed by atoms with van der Waals surface area (Å²) >= 11 is 0. The number of nitriles is 3. The zero-order valence-corrected chi connectivity index (χ0v) is 75.7. The molecule has 656 valence electrons. The molecular weight excluding hydrogens is 1740 g/mol. The maximum Gasteiger partial charge on any atom is 0.196 e. The van der Waals surface area contributed by atoms with Crippen LogP contribution in [0.5, 0.6) is 0 Å². The molecule has 0 bridgehead atoms. The third-order valence-electron chi connectivity index (χ3n) is 26.5. The maximum absolute atomic E-state index is 10.4. The van der Waals surface area contributed by atoms with Crippen molar-refractivity contribution < 1.29 is 0 Å². The van der Waals surface area contributed by atoms with Crippen LogP contribution in [0.4, 0.5) is 17.1 Å². The molecule has 0 saturated carbocycles. The van der Waals surface area contributed by atoms with Gasteiger partial charge in [-0.1, -0.05) is 315 Å². The van der Waals surface area contributed by atoms with Crippen LogP contribution < -0.4 is 0 Å². The zero-order chi connectivity index (χ0) is 95.4. The van der Waals surface area contributed by atoms with E-state index in [2.05, 4.69) is 294 Å². The van der Waals surface area contributed by atoms with Crippen molar-refractivity contribution in [3.8, 4) is 165 Å². The number of benzene rings is 19. The van der Waals surface area contributed by atoms with Crippen molar-refractivity contribution in [1.82, 2.24) is 48.2 Å². The first kappa shape index (κ1) is 84.3. The lowest BCUT2D eigenvalue weighted by molar-refractivity contribution is 1.06. The molecule has 0 atom stereocenters. The number of nitrogens with zero attached hydrogens (tertiary/aromatic N) is 16. The third kappa shape index (κ3) is 14.8. The molecule has 16 nitrogen and oxygen atoms in total. The van der Waals surface area contributed by atoms with Crippen LogP contribution in [-0.2, 0) is 0 Å². The summed E-state index contributed by atoms with van der Waals surface area (Å²) in [6, 6.07) is 154. The van der Waals surface area contributed by atoms with Crippen molar-refractivity contribution in [3.63, 3.8) is 0 Å². The number of hydrogen-bond acceptors (Lipinski definition) is 9. The monoisotopic (exact) mass is 1810 g/mol. The van der Waals surface area contributed by atoms with Crippen LogP contribution in [0.3, 0.4) is 0 Å². The van der Waals surface area contributed by atoms with Crippen molar-refractivity contribution in [2.75, 3.05) is 0 Å². The number of fused-ring (bicyclic) bond motifs is 12. The average molecular weight is 1810 g/mol. The fraction of sp³-hybridized carbons (Fsp3) is 0. The first-order chi connectivity index (χ1) is 70.1. The minimum Gasteiger partial charge on any atom is -0.309 e. The maximum atomic E-state index is 10.4. The highest BCUT2D eigenvalue weighted by Gasteiger charge is 2.29. The molecule has 19 aromatic carbocycles. The summed E-state index contributed by atoms with van der Waals surface area (Å²) in [6.45, 7) is 23.8. The van der Waals surface area contributed by atoms with Crippen LogP contribution >= 0.6 is 0 Å². The molecule has 0 aliphatic carbocycles. The molecule has 0 spiro atoms. The van der Waals surface area contributed by atoms with Crippen LogP contribution in [0, 0.1) is 53.7 Å². The van der Waals surface area contributed by atoms with E-state index in [1.807, 2.05) is 158 Å². The molecule has 0 amide bonds. The predicted molar refractivity (Wildman–Crippen MR) is 570 cm³/mol. The van der Waals surface area contributed by atoms with Gasteiger partial charge in [-0.2, -0.15) is 15.8 Å². The van der Waals surface area contributed by atoms with E-state index < -0.39 is 0 Å². The highest BCUT2D eigenvalue weighted by molar-refractivity contribution is 6.18. The van der Waals surface area contributed by atoms with Crippen molar-refractivity contribution in [3.05, 3.63) is 488 Å². The molecule has 0 fully saturated rings. The van der Waals surface area contributed by atoms with Crippen molar-refractivity contribution in [2.45, 2.75) is 0 Å². The Bertz CT molecular complexity index is 9500. The summed E-state index contributed by atoms with van der Waals surface area (Å²) in [5, 5.41) is 38.4. The molecular formula is C126H72N16. The quantitative estimate of drug-likeness (QED) is 0.0902. The molecule has 6 heterocycles. The minimum absolute atomic E-state index is 0.370. The van der Waals surface area contributed by atoms with E-state index in [1.165, 1.54) is 5.39 Å². The SMILES string of the molecule is [C-]#[N+]c1cc(C#N)ccc1-c1ccc2c(c1)c1ccccc1n2-c1ccc(-c2cccc3c4ccccc4n(-c4ccccc4)c23)cc1-c1nc(-c2ccccc2)nc(-c2ccccc2)n1.[C-]#[N+]c1ccc(-c2ccc3c4ccc(-c5ccc(C#N)cc5[N+]#[C-])cc4n(-c4ccc(-c5cccc6c7ccccc7n(-c7ccccc7)c56)cc4-c4nc(-c5ccccc5)nc(-c5ccccc5)n4)c3c2)c(C#N)c1. The zero-order valence-electron chi connectivity index (χ0n) is 75.7. The molecule has 0 saturated heterocycles. The van der Waals surface area contributed by atoms with Gasteiger partial charge in [0.25, 0.3) is 0 Å². The molecule has 16 heteroatoms. The number of aromatic nitrogens is 10. The first-order valence-corrected chi connectivity index (χ1v) is 46.2. The Morgan fingerprint density at radius 1 is 0.204 bits per heavy atom. The summed E-state index contributed by atoms with van der Waals surface area (Å²) in [6.07, 6.45) is 0. The normalized spacial score (nSPS) is 11.2. The lowest BCUT2D eigenvalue weighted by Crippen LogP contribution is -2.04. The molecule has 0 N–H and O–H groups in total. The fourth-order valence-corrected chi connectivity index (χ4v) is 20.0. The van der Waals surface area contributed by atoms with Crippen molar-refractivity contribution in [1.29, 1.82) is 15.8 Å². The third-order valence-corrected chi connectivity index (χ3v) is 26.5. The number of hydrogen-bond donors (Lipinski definition) is 0. The van der Waals surface area contributed by atoms with Crippen LogP contribution in [-0.4, -0.2) is 48.2 Å². The van der Waals surface area contributed by atoms with Gasteiger partial charge in [0.1, 0.15) is 0 Å². The second-order valence-electron chi connectivity index (χ2n) is 34.6. The fourth-order valence-electron chi connectivity index (χ4n) is 20.0. The van der Waals surface area contributed by atoms with E-state index >= 15 is 0 Å². The van der Waals surface area contributed by atoms with Crippen LogP contribution in [0.15, 0.2) is 437 Å². The van der Waals surface area contributed by atoms with E-state index in [-0.39, 0.29) is 0 Å². The van der Waals surface area contributed by atoms with Gasteiger partial charge in [-0.3, -0.25) is 0 Å². The highest BCUT2D eigenvalue weighted by Crippen LogP contribution is 2.49. The van der Waals surface area contributed by atoms with E-state index in [0.29, 0.717) is 79.8 Å². The highest BCUT2D eigenvalue weighted by atomic mass is 15.1. The van der Waals surface area contributed by atoms with Crippen molar-refractivity contribution >= 4 is 104 Å². The lowest BCUT2D eigenvalue weighted by atomic mass is 9.97. The first-order valence-electron chi connectivity index (χ1n) is 46.2. The second-order valence-corrected chi connectivity index (χ2v) is 34.6. The second kappa shape index (κ2) is 35.6. The molecule has 0 aliphatic rings. The molecule has 25 rings (SSSR count). The Labute approximate surface area is 815 Å². The minimum atomic E-state index is 0.370. The average Bonchev–Trinajstić information content (AvgIpc) is 1.57. The van der Waals surface area contributed by atoms with Gasteiger partial charge in [-0.25, -0.2) is 44.4 Å². The summed E-state index contributed by atoms with van der Waals surface area (Å²) in [5.74, 6) is 3.17. The van der Waals surface area contributed by atoms with Crippen LogP contribution in [0.1, 0.15) is 16.7 Å². The summed E-state index contributed by atoms with van der Waals surface area (Å²) < 4.78 is 9.24. The molecule has 6 aromatic heterocycles. The van der Waals surface area contributed by atoms with E-state index in [0.717, 1.165) is 182 Å². The largest absolute Gasteiger partial charge is 0.309 e. The Hall–Kier alpha value is -20.7. The Morgan fingerprint density at radius 3 is 0.951 bits per heavy atom. The molecule has 142 heavy (non-hydrogen) atoms. The summed E-state index contributed by atoms with van der Waals surface area (Å²) in [7, 11) is 0. The molecule has 0 radical (unpaired) electrons. The molecule has 25 aromatic rings. The summed E-state index contributed by atoms with van der Waals surface area (Å²) in [4.78, 5) is 42.9. The Balaban J connectivity index is 0.000000155. The number of rotatable bonds is 15. The van der Waals surface area contributed by atoms with Gasteiger partial charge in [-0.15, -0.1) is 0 Å². The van der Waals surface area contributed by atoms with E-state index in [1.54, 1.807) is 36.4 Å². The van der Waals surface area contributed by atoms with E-state index in [4.69, 9.17) is 49.6 Å². The van der Waals surface area contributed by atoms with Gasteiger partial charge in [0, 0.05) is 116 Å². The van der Waals surface area contributed by atoms with Gasteiger partial charge in [0.05, 0.1) is 93.4 Å². The van der Waals surface area contributed by atoms with Gasteiger partial charge < -0.3 is 18.3 Å². The van der Waals surface area contributed by atoms with Gasteiger partial charge >= 0.3 is 0 Å². The van der Waals surface area contributed by atoms with E-state index in [9.17, 15) is 15.8 Å². The predicted octanol–water partition coefficient (Wildman–Crippen LogP) is 31.7. The standard InChI is InChI=1S/C67H37N9.C59H35N7/c1-70-49-29-33-51(48(36-49)41-69)46-26-31-55-56-32-27-47(52-30-25-42(40-68)35-59(52)71-2)39-63(56)76(62(55)38-46)61-34-28-45(53-22-14-23-57-54-21-12-13-24-60(54)75(64(53)57)50-19-10-5-11-20-50)37-58(61)67-73-65(43-15-6-3-7-16-43)72-66(74-67)44-17-8-4-9-18-44;1-61-51-34-38(37-60)28-31-44(51)41-29-32-54-49(35-41)47-23-12-14-27-53(47)66(54)55-33-30-42(45-24-15-25-48-46-22-11-13-26-52(46)65(56(45)48)43-20-9-4-10-21-43)36-50(55)59-63-57(39-16-5-2-6-17-39)62-58(64-59)40-18-7-3-8-19-40/h3-39H;2-36H. The van der Waals surface area contributed by atoms with Crippen LogP contribution in [0.25, 0.3) is 248 Å². The molecule has 0 unspecified atom stereocenters. The molecule has 0 aliphatic heterocycles.